The Balaban J connectivity index is 2.96. The summed E-state index contributed by atoms with van der Waals surface area (Å²) in [5.74, 6) is 0.713. The predicted octanol–water partition coefficient (Wildman–Crippen LogP) is 3.43. The minimum absolute atomic E-state index is 0.439. The SMILES string of the molecule is C=C(C)/C=C(\OC)C1(C(C)(F)P)CC1. The quantitative estimate of drug-likeness (QED) is 0.397. The fourth-order valence-corrected chi connectivity index (χ4v) is 2.15. The van der Waals surface area contributed by atoms with Gasteiger partial charge in [0.05, 0.1) is 12.5 Å². The number of halogens is 1. The van der Waals surface area contributed by atoms with Crippen LogP contribution in [0.25, 0.3) is 0 Å². The van der Waals surface area contributed by atoms with Gasteiger partial charge in [0.25, 0.3) is 0 Å². The molecule has 1 rings (SSSR count). The minimum atomic E-state index is -1.30. The van der Waals surface area contributed by atoms with Gasteiger partial charge in [-0.3, -0.25) is 0 Å². The Morgan fingerprint density at radius 2 is 2.14 bits per heavy atom. The van der Waals surface area contributed by atoms with Gasteiger partial charge in [0.2, 0.25) is 0 Å². The summed E-state index contributed by atoms with van der Waals surface area (Å²) in [7, 11) is 3.85. The monoisotopic (exact) mass is 216 g/mol. The van der Waals surface area contributed by atoms with Crippen LogP contribution in [0.1, 0.15) is 26.7 Å². The van der Waals surface area contributed by atoms with Gasteiger partial charge in [-0.2, -0.15) is 0 Å². The molecule has 0 radical (unpaired) electrons. The molecule has 0 spiro atoms. The van der Waals surface area contributed by atoms with Crippen molar-refractivity contribution in [3.8, 4) is 0 Å². The molecule has 0 heterocycles. The Labute approximate surface area is 87.6 Å². The Hall–Kier alpha value is -0.360. The molecule has 0 amide bonds. The molecular weight excluding hydrogens is 198 g/mol. The van der Waals surface area contributed by atoms with Crippen LogP contribution in [-0.4, -0.2) is 12.5 Å². The van der Waals surface area contributed by atoms with E-state index in [9.17, 15) is 4.39 Å². The highest BCUT2D eigenvalue weighted by Gasteiger charge is 2.59. The molecule has 0 aromatic heterocycles. The molecule has 2 atom stereocenters. The van der Waals surface area contributed by atoms with Crippen LogP contribution in [-0.2, 0) is 4.74 Å². The average molecular weight is 216 g/mol. The molecule has 80 valence electrons. The van der Waals surface area contributed by atoms with Crippen LogP contribution in [0.4, 0.5) is 4.39 Å². The standard InChI is InChI=1S/C11H18FOP/c1-8(2)7-9(13-4)11(5-6-11)10(3,12)14/h7H,1,5-6,14H2,2-4H3/b9-7-. The van der Waals surface area contributed by atoms with Gasteiger partial charge >= 0.3 is 0 Å². The third kappa shape index (κ3) is 2.00. The van der Waals surface area contributed by atoms with Crippen LogP contribution >= 0.6 is 9.24 Å². The van der Waals surface area contributed by atoms with Crippen LogP contribution in [0, 0.1) is 5.41 Å². The number of alkyl halides is 1. The normalized spacial score (nSPS) is 23.9. The summed E-state index contributed by atoms with van der Waals surface area (Å²) in [4.78, 5) is 0. The fourth-order valence-electron chi connectivity index (χ4n) is 1.72. The van der Waals surface area contributed by atoms with E-state index in [-0.39, 0.29) is 0 Å². The molecule has 0 bridgehead atoms. The van der Waals surface area contributed by atoms with Gasteiger partial charge < -0.3 is 4.74 Å². The molecule has 3 heteroatoms. The highest BCUT2D eigenvalue weighted by Crippen LogP contribution is 2.63. The number of rotatable bonds is 4. The lowest BCUT2D eigenvalue weighted by Crippen LogP contribution is -2.27. The Morgan fingerprint density at radius 1 is 1.64 bits per heavy atom. The lowest BCUT2D eigenvalue weighted by molar-refractivity contribution is 0.139. The molecule has 0 saturated heterocycles. The Bertz CT molecular complexity index is 272. The third-order valence-electron chi connectivity index (χ3n) is 2.75. The van der Waals surface area contributed by atoms with Gasteiger partial charge in [0.1, 0.15) is 11.2 Å². The first-order valence-corrected chi connectivity index (χ1v) is 5.31. The number of allylic oxidation sites excluding steroid dienone is 3. The zero-order valence-electron chi connectivity index (χ0n) is 9.06. The van der Waals surface area contributed by atoms with E-state index in [2.05, 4.69) is 15.8 Å². The molecule has 1 aliphatic carbocycles. The summed E-state index contributed by atoms with van der Waals surface area (Å²) in [5, 5.41) is -1.30. The Kier molecular flexibility index (Phi) is 3.06. The topological polar surface area (TPSA) is 9.23 Å². The summed E-state index contributed by atoms with van der Waals surface area (Å²) in [6, 6.07) is 0. The highest BCUT2D eigenvalue weighted by atomic mass is 31.0. The summed E-state index contributed by atoms with van der Waals surface area (Å²) in [6.45, 7) is 7.24. The Morgan fingerprint density at radius 3 is 2.36 bits per heavy atom. The van der Waals surface area contributed by atoms with Crippen LogP contribution < -0.4 is 0 Å². The van der Waals surface area contributed by atoms with Crippen LogP contribution in [0.2, 0.25) is 0 Å². The van der Waals surface area contributed by atoms with Crippen molar-refractivity contribution in [1.29, 1.82) is 0 Å². The molecule has 0 aliphatic heterocycles. The second-order valence-corrected chi connectivity index (χ2v) is 5.30. The van der Waals surface area contributed by atoms with Crippen molar-refractivity contribution in [1.82, 2.24) is 0 Å². The fraction of sp³-hybridized carbons (Fsp3) is 0.636. The number of hydrogen-bond donors (Lipinski definition) is 0. The molecule has 0 aromatic carbocycles. The van der Waals surface area contributed by atoms with Crippen molar-refractivity contribution in [3.05, 3.63) is 24.0 Å². The lowest BCUT2D eigenvalue weighted by atomic mass is 9.97. The van der Waals surface area contributed by atoms with E-state index in [4.69, 9.17) is 4.74 Å². The van der Waals surface area contributed by atoms with Crippen LogP contribution in [0.5, 0.6) is 0 Å². The number of hydrogen-bond acceptors (Lipinski definition) is 1. The second-order valence-electron chi connectivity index (χ2n) is 4.22. The van der Waals surface area contributed by atoms with E-state index < -0.39 is 10.8 Å². The van der Waals surface area contributed by atoms with E-state index in [0.29, 0.717) is 5.76 Å². The van der Waals surface area contributed by atoms with Gasteiger partial charge in [-0.1, -0.05) is 21.4 Å². The summed E-state index contributed by atoms with van der Waals surface area (Å²) >= 11 is 0. The van der Waals surface area contributed by atoms with Gasteiger partial charge in [-0.15, -0.1) is 0 Å². The van der Waals surface area contributed by atoms with E-state index in [0.717, 1.165) is 18.4 Å². The maximum absolute atomic E-state index is 13.9. The van der Waals surface area contributed by atoms with Crippen molar-refractivity contribution in [2.75, 3.05) is 7.11 Å². The first-order chi connectivity index (χ1) is 6.33. The highest BCUT2D eigenvalue weighted by molar-refractivity contribution is 7.18. The van der Waals surface area contributed by atoms with E-state index >= 15 is 0 Å². The molecule has 1 saturated carbocycles. The van der Waals surface area contributed by atoms with Crippen LogP contribution in [0.3, 0.4) is 0 Å². The van der Waals surface area contributed by atoms with E-state index in [1.165, 1.54) is 0 Å². The van der Waals surface area contributed by atoms with Gasteiger partial charge in [0, 0.05) is 0 Å². The van der Waals surface area contributed by atoms with Gasteiger partial charge in [0.15, 0.2) is 0 Å². The maximum atomic E-state index is 13.9. The molecule has 14 heavy (non-hydrogen) atoms. The molecule has 0 aromatic rings. The largest absolute Gasteiger partial charge is 0.500 e. The third-order valence-corrected chi connectivity index (χ3v) is 3.31. The molecule has 1 fully saturated rings. The van der Waals surface area contributed by atoms with Gasteiger partial charge in [-0.25, -0.2) is 4.39 Å². The zero-order chi connectivity index (χ0) is 11.0. The summed E-state index contributed by atoms with van der Waals surface area (Å²) in [6.07, 6.45) is 3.52. The minimum Gasteiger partial charge on any atom is -0.500 e. The van der Waals surface area contributed by atoms with Crippen LogP contribution in [0.15, 0.2) is 24.0 Å². The summed E-state index contributed by atoms with van der Waals surface area (Å²) in [5.41, 5.74) is 0.452. The van der Waals surface area contributed by atoms with E-state index in [1.807, 2.05) is 13.0 Å². The molecule has 1 aliphatic rings. The average Bonchev–Trinajstić information content (AvgIpc) is 2.78. The van der Waals surface area contributed by atoms with Crippen molar-refractivity contribution in [3.63, 3.8) is 0 Å². The number of methoxy groups -OCH3 is 1. The van der Waals surface area contributed by atoms with Crippen molar-refractivity contribution in [2.24, 2.45) is 5.41 Å². The second kappa shape index (κ2) is 3.66. The van der Waals surface area contributed by atoms with Crippen molar-refractivity contribution < 1.29 is 9.13 Å². The van der Waals surface area contributed by atoms with E-state index in [1.54, 1.807) is 14.0 Å². The maximum Gasteiger partial charge on any atom is 0.133 e. The smallest absolute Gasteiger partial charge is 0.133 e. The summed E-state index contributed by atoms with van der Waals surface area (Å²) < 4.78 is 19.2. The zero-order valence-corrected chi connectivity index (χ0v) is 10.2. The molecular formula is C11H18FOP. The number of ether oxygens (including phenoxy) is 1. The molecule has 2 unspecified atom stereocenters. The molecule has 1 nitrogen and oxygen atoms in total. The molecule has 0 N–H and O–H groups in total. The lowest BCUT2D eigenvalue weighted by Gasteiger charge is -2.28. The predicted molar refractivity (Wildman–Crippen MR) is 60.8 cm³/mol. The van der Waals surface area contributed by atoms with Gasteiger partial charge in [-0.05, 0) is 32.8 Å². The van der Waals surface area contributed by atoms with Crippen molar-refractivity contribution in [2.45, 2.75) is 32.1 Å². The van der Waals surface area contributed by atoms with Crippen molar-refractivity contribution >= 4 is 9.24 Å². The first-order valence-electron chi connectivity index (χ1n) is 4.73. The first kappa shape index (κ1) is 11.7.